The Bertz CT molecular complexity index is 1970. The molecular weight excluding hydrogens is 743 g/mol. The number of para-hydroxylation sites is 1. The molecule has 2 amide bonds. The number of hydrogen-bond donors (Lipinski definition) is 1. The molecule has 0 spiro atoms. The maximum absolute atomic E-state index is 14.0. The van der Waals surface area contributed by atoms with Gasteiger partial charge in [0.1, 0.15) is 23.6 Å². The fourth-order valence-corrected chi connectivity index (χ4v) is 7.19. The molecule has 15 heteroatoms. The van der Waals surface area contributed by atoms with Gasteiger partial charge in [-0.15, -0.1) is 0 Å². The minimum absolute atomic E-state index is 0.00531. The zero-order valence-corrected chi connectivity index (χ0v) is 34.3. The van der Waals surface area contributed by atoms with E-state index in [9.17, 15) is 32.9 Å². The number of nitrogens with one attached hydrogen (secondary N) is 1. The second-order valence-corrected chi connectivity index (χ2v) is 17.0. The van der Waals surface area contributed by atoms with Gasteiger partial charge in [0.25, 0.3) is 15.7 Å². The molecule has 1 N–H and O–H groups in total. The van der Waals surface area contributed by atoms with Crippen molar-refractivity contribution in [1.29, 1.82) is 0 Å². The lowest BCUT2D eigenvalue weighted by Crippen LogP contribution is -2.42. The molecule has 0 saturated heterocycles. The van der Waals surface area contributed by atoms with Crippen LogP contribution in [0.5, 0.6) is 5.75 Å². The molecule has 3 rings (SSSR count). The summed E-state index contributed by atoms with van der Waals surface area (Å²) < 4.78 is 50.6. The number of nitrogens with zero attached hydrogens (tertiary/aromatic N) is 2. The maximum Gasteiger partial charge on any atom is 0.424 e. The van der Waals surface area contributed by atoms with Crippen molar-refractivity contribution in [3.63, 3.8) is 0 Å². The first-order valence-corrected chi connectivity index (χ1v) is 19.6. The van der Waals surface area contributed by atoms with Gasteiger partial charge in [-0.2, -0.15) is 0 Å². The van der Waals surface area contributed by atoms with E-state index in [1.807, 2.05) is 12.1 Å². The number of ether oxygens (including phenoxy) is 4. The lowest BCUT2D eigenvalue weighted by Gasteiger charge is -2.29. The van der Waals surface area contributed by atoms with Gasteiger partial charge < -0.3 is 24.3 Å². The number of alkyl carbamates (subject to hydrolysis) is 1. The Balaban J connectivity index is 2.03. The molecule has 0 heterocycles. The number of methoxy groups -OCH3 is 1. The van der Waals surface area contributed by atoms with E-state index in [4.69, 9.17) is 18.9 Å². The summed E-state index contributed by atoms with van der Waals surface area (Å²) in [6.45, 7) is 13.2. The average Bonchev–Trinajstić information content (AvgIpc) is 3.12. The number of amides is 2. The Labute approximate surface area is 329 Å². The van der Waals surface area contributed by atoms with Gasteiger partial charge in [0.05, 0.1) is 24.0 Å². The summed E-state index contributed by atoms with van der Waals surface area (Å²) in [7, 11) is -3.27. The molecule has 2 atom stereocenters. The van der Waals surface area contributed by atoms with E-state index < -0.39 is 73.4 Å². The molecular formula is C41H53N3O11S. The van der Waals surface area contributed by atoms with Crippen LogP contribution in [-0.2, 0) is 42.1 Å². The molecule has 0 aliphatic heterocycles. The molecule has 0 bridgehead atoms. The van der Waals surface area contributed by atoms with Crippen LogP contribution in [0.4, 0.5) is 15.3 Å². The highest BCUT2D eigenvalue weighted by molar-refractivity contribution is 7.89. The number of esters is 1. The Kier molecular flexibility index (Phi) is 15.6. The molecule has 3 aromatic carbocycles. The highest BCUT2D eigenvalue weighted by Gasteiger charge is 2.37. The molecule has 3 aromatic rings. The molecule has 0 saturated carbocycles. The second-order valence-electron chi connectivity index (χ2n) is 15.2. The quantitative estimate of drug-likeness (QED) is 0.0486. The minimum atomic E-state index is -4.83. The van der Waals surface area contributed by atoms with Gasteiger partial charge in [0.15, 0.2) is 4.90 Å². The topological polar surface area (TPSA) is 181 Å². The molecule has 56 heavy (non-hydrogen) atoms. The summed E-state index contributed by atoms with van der Waals surface area (Å²) in [6.07, 6.45) is -1.67. The molecule has 304 valence electrons. The number of rotatable bonds is 16. The predicted molar refractivity (Wildman–Crippen MR) is 210 cm³/mol. The first-order chi connectivity index (χ1) is 26.1. The van der Waals surface area contributed by atoms with Gasteiger partial charge in [-0.1, -0.05) is 65.7 Å². The van der Waals surface area contributed by atoms with Gasteiger partial charge in [0, 0.05) is 12.6 Å². The summed E-state index contributed by atoms with van der Waals surface area (Å²) in [5.74, 6) is -0.903. The third-order valence-electron chi connectivity index (χ3n) is 8.54. The lowest BCUT2D eigenvalue weighted by molar-refractivity contribution is -0.387. The molecule has 1 unspecified atom stereocenters. The summed E-state index contributed by atoms with van der Waals surface area (Å²) in [5.41, 5.74) is 0.253. The smallest absolute Gasteiger partial charge is 0.424 e. The van der Waals surface area contributed by atoms with Gasteiger partial charge in [-0.05, 0) is 104 Å². The van der Waals surface area contributed by atoms with Crippen molar-refractivity contribution in [2.75, 3.05) is 13.7 Å². The summed E-state index contributed by atoms with van der Waals surface area (Å²) in [5, 5.41) is 14.8. The van der Waals surface area contributed by atoms with Crippen molar-refractivity contribution < 1.29 is 46.7 Å². The van der Waals surface area contributed by atoms with E-state index in [0.717, 1.165) is 17.7 Å². The number of nitro benzene ring substituents is 1. The third kappa shape index (κ3) is 13.4. The van der Waals surface area contributed by atoms with Crippen molar-refractivity contribution in [1.82, 2.24) is 9.62 Å². The van der Waals surface area contributed by atoms with E-state index in [1.54, 1.807) is 105 Å². The molecule has 14 nitrogen and oxygen atoms in total. The Morgan fingerprint density at radius 1 is 0.821 bits per heavy atom. The fourth-order valence-electron chi connectivity index (χ4n) is 5.68. The van der Waals surface area contributed by atoms with E-state index in [1.165, 1.54) is 12.1 Å². The van der Waals surface area contributed by atoms with Crippen LogP contribution in [0.15, 0.2) is 94.9 Å². The Morgan fingerprint density at radius 2 is 1.41 bits per heavy atom. The maximum atomic E-state index is 14.0. The third-order valence-corrected chi connectivity index (χ3v) is 10.4. The largest absolute Gasteiger partial charge is 0.497 e. The van der Waals surface area contributed by atoms with Crippen molar-refractivity contribution in [3.05, 3.63) is 111 Å². The van der Waals surface area contributed by atoms with E-state index in [0.29, 0.717) is 33.2 Å². The van der Waals surface area contributed by atoms with E-state index >= 15 is 0 Å². The SMILES string of the molecule is COc1ccc(C[C@@H](NC(=O)OC(C)(C)C)/C(C)=C(\C)C(CCCN(C(=O)OCc2ccccc2)S(=O)(=O)c2ccccc2[N+](=O)[O-])C(=O)OC(C)(C)C)cc1. The molecule has 0 radical (unpaired) electrons. The Hall–Kier alpha value is -5.44. The first kappa shape index (κ1) is 45.0. The lowest BCUT2D eigenvalue weighted by atomic mass is 9.87. The van der Waals surface area contributed by atoms with Crippen molar-refractivity contribution >= 4 is 33.9 Å². The minimum Gasteiger partial charge on any atom is -0.497 e. The van der Waals surface area contributed by atoms with E-state index in [-0.39, 0.29) is 19.4 Å². The van der Waals surface area contributed by atoms with Crippen LogP contribution in [0.1, 0.15) is 79.4 Å². The number of benzene rings is 3. The summed E-state index contributed by atoms with van der Waals surface area (Å²) >= 11 is 0. The first-order valence-electron chi connectivity index (χ1n) is 18.1. The predicted octanol–water partition coefficient (Wildman–Crippen LogP) is 8.14. The van der Waals surface area contributed by atoms with Crippen molar-refractivity contribution in [2.24, 2.45) is 5.92 Å². The van der Waals surface area contributed by atoms with Crippen LogP contribution in [0.3, 0.4) is 0 Å². The zero-order valence-electron chi connectivity index (χ0n) is 33.5. The monoisotopic (exact) mass is 795 g/mol. The van der Waals surface area contributed by atoms with Crippen LogP contribution < -0.4 is 10.1 Å². The number of nitro groups is 1. The molecule has 0 aromatic heterocycles. The number of hydrogen-bond acceptors (Lipinski definition) is 11. The van der Waals surface area contributed by atoms with Gasteiger partial charge >= 0.3 is 18.2 Å². The van der Waals surface area contributed by atoms with Crippen LogP contribution in [-0.4, -0.2) is 66.7 Å². The van der Waals surface area contributed by atoms with Crippen molar-refractivity contribution in [2.45, 2.75) is 103 Å². The normalized spacial score (nSPS) is 13.4. The molecule has 0 aliphatic rings. The van der Waals surface area contributed by atoms with Crippen LogP contribution in [0.25, 0.3) is 0 Å². The molecule has 0 fully saturated rings. The Morgan fingerprint density at radius 3 is 1.98 bits per heavy atom. The van der Waals surface area contributed by atoms with Gasteiger partial charge in [0.2, 0.25) is 0 Å². The second kappa shape index (κ2) is 19.4. The standard InChI is InChI=1S/C41H53N3O11S/c1-28(29(2)34(42-38(46)55-41(6,7)8)26-30-21-23-32(52-9)24-22-30)33(37(45)54-40(3,4)5)18-15-25-43(39(47)53-27-31-16-11-10-12-17-31)56(50,51)36-20-14-13-19-35(36)44(48)49/h10-14,16-17,19-24,33-34H,15,18,25-27H2,1-9H3,(H,42,46)/b29-28+/t33?,34-/m1/s1. The summed E-state index contributed by atoms with van der Waals surface area (Å²) in [6, 6.07) is 20.0. The van der Waals surface area contributed by atoms with Crippen LogP contribution in [0.2, 0.25) is 0 Å². The fraction of sp³-hybridized carbons (Fsp3) is 0.439. The van der Waals surface area contributed by atoms with Gasteiger partial charge in [-0.3, -0.25) is 14.9 Å². The number of carbonyl (C=O) groups excluding carboxylic acids is 3. The zero-order chi connectivity index (χ0) is 41.8. The number of carbonyl (C=O) groups is 3. The van der Waals surface area contributed by atoms with Gasteiger partial charge in [-0.25, -0.2) is 22.3 Å². The highest BCUT2D eigenvalue weighted by Crippen LogP contribution is 2.30. The van der Waals surface area contributed by atoms with E-state index in [2.05, 4.69) is 5.32 Å². The van der Waals surface area contributed by atoms with Crippen LogP contribution >= 0.6 is 0 Å². The molecule has 0 aliphatic carbocycles. The average molecular weight is 796 g/mol. The summed E-state index contributed by atoms with van der Waals surface area (Å²) in [4.78, 5) is 50.9. The highest BCUT2D eigenvalue weighted by atomic mass is 32.2. The number of sulfonamides is 1. The van der Waals surface area contributed by atoms with Crippen LogP contribution in [0, 0.1) is 16.0 Å². The van der Waals surface area contributed by atoms with Crippen molar-refractivity contribution in [3.8, 4) is 5.75 Å².